The number of ether oxygens (including phenoxy) is 4. The topological polar surface area (TPSA) is 119 Å². The van der Waals surface area contributed by atoms with E-state index in [-0.39, 0.29) is 36.5 Å². The summed E-state index contributed by atoms with van der Waals surface area (Å²) in [4.78, 5) is 26.2. The van der Waals surface area contributed by atoms with Gasteiger partial charge in [-0.3, -0.25) is 14.5 Å². The molecule has 0 bridgehead atoms. The lowest BCUT2D eigenvalue weighted by atomic mass is 9.89. The molecule has 2 amide bonds. The maximum Gasteiger partial charge on any atom is 0.224 e. The molecule has 1 saturated heterocycles. The van der Waals surface area contributed by atoms with Gasteiger partial charge in [0.25, 0.3) is 0 Å². The summed E-state index contributed by atoms with van der Waals surface area (Å²) in [7, 11) is 3.33. The first-order valence-corrected chi connectivity index (χ1v) is 16.9. The Morgan fingerprint density at radius 2 is 1.69 bits per heavy atom. The van der Waals surface area contributed by atoms with E-state index in [0.717, 1.165) is 73.5 Å². The highest BCUT2D eigenvalue weighted by Gasteiger charge is 2.39. The Hall–Kier alpha value is -3.96. The van der Waals surface area contributed by atoms with E-state index in [1.807, 2.05) is 48.5 Å². The van der Waals surface area contributed by atoms with Gasteiger partial charge >= 0.3 is 0 Å². The number of amides is 2. The van der Waals surface area contributed by atoms with Crippen LogP contribution < -0.4 is 20.1 Å². The molecule has 0 radical (unpaired) electrons. The highest BCUT2D eigenvalue weighted by atomic mass is 16.7. The van der Waals surface area contributed by atoms with E-state index in [4.69, 9.17) is 18.9 Å². The van der Waals surface area contributed by atoms with Crippen molar-refractivity contribution < 1.29 is 33.6 Å². The third-order valence-corrected chi connectivity index (χ3v) is 9.26. The minimum atomic E-state index is -0.638. The summed E-state index contributed by atoms with van der Waals surface area (Å²) in [6.45, 7) is 6.68. The van der Waals surface area contributed by atoms with E-state index < -0.39 is 6.29 Å². The summed E-state index contributed by atoms with van der Waals surface area (Å²) < 4.78 is 24.5. The van der Waals surface area contributed by atoms with E-state index in [1.54, 1.807) is 14.2 Å². The molecule has 10 nitrogen and oxygen atoms in total. The van der Waals surface area contributed by atoms with Crippen LogP contribution in [0.15, 0.2) is 60.7 Å². The molecule has 4 atom stereocenters. The van der Waals surface area contributed by atoms with Crippen LogP contribution in [-0.4, -0.2) is 61.8 Å². The molecule has 258 valence electrons. The number of nitrogens with zero attached hydrogens (tertiary/aromatic N) is 1. The molecule has 1 fully saturated rings. The molecular weight excluding hydrogens is 610 g/mol. The van der Waals surface area contributed by atoms with E-state index in [9.17, 15) is 14.7 Å². The molecule has 4 unspecified atom stereocenters. The van der Waals surface area contributed by atoms with Crippen molar-refractivity contribution in [3.63, 3.8) is 0 Å². The predicted octanol–water partition coefficient (Wildman–Crippen LogP) is 5.68. The first-order valence-electron chi connectivity index (χ1n) is 16.9. The Morgan fingerprint density at radius 3 is 2.40 bits per heavy atom. The van der Waals surface area contributed by atoms with Gasteiger partial charge in [-0.05, 0) is 65.8 Å². The second-order valence-corrected chi connectivity index (χ2v) is 12.8. The number of unbranched alkanes of at least 4 members (excludes halogenated alkanes) is 2. The van der Waals surface area contributed by atoms with Gasteiger partial charge in [0.1, 0.15) is 0 Å². The Bertz CT molecular complexity index is 1530. The average Bonchev–Trinajstić information content (AvgIpc) is 3.10. The summed E-state index contributed by atoms with van der Waals surface area (Å²) >= 11 is 0. The van der Waals surface area contributed by atoms with Gasteiger partial charge < -0.3 is 34.7 Å². The minimum absolute atomic E-state index is 0.0155. The largest absolute Gasteiger partial charge is 0.493 e. The number of hydrogen-bond donors (Lipinski definition) is 3. The van der Waals surface area contributed by atoms with E-state index in [1.165, 1.54) is 18.1 Å². The standard InChI is InChI=1S/C38H49N3O7/c1-25-35(23-41-18-16-29-20-33(45-3)34(46-4)21-31(29)22-41)47-38(48-37(25)28-14-12-27(24-42)13-15-28)30-9-8-10-32(19-30)40-36(44)11-6-5-7-17-39-26(2)43/h8-10,12-15,19-21,25,35,37-38,42H,5-7,11,16-18,22-24H2,1-4H3,(H,39,43)(H,40,44). The van der Waals surface area contributed by atoms with Gasteiger partial charge in [0.15, 0.2) is 17.8 Å². The first-order chi connectivity index (χ1) is 23.3. The summed E-state index contributed by atoms with van der Waals surface area (Å²) in [6, 6.07) is 19.8. The highest BCUT2D eigenvalue weighted by Crippen LogP contribution is 2.43. The molecule has 10 heteroatoms. The molecular formula is C38H49N3O7. The molecule has 48 heavy (non-hydrogen) atoms. The lowest BCUT2D eigenvalue weighted by molar-refractivity contribution is -0.276. The predicted molar refractivity (Wildman–Crippen MR) is 184 cm³/mol. The van der Waals surface area contributed by atoms with Crippen LogP contribution in [0.1, 0.15) is 79.7 Å². The van der Waals surface area contributed by atoms with Gasteiger partial charge in [-0.15, -0.1) is 0 Å². The number of aliphatic hydroxyl groups is 1. The van der Waals surface area contributed by atoms with Gasteiger partial charge in [0.05, 0.1) is 33.0 Å². The quantitative estimate of drug-likeness (QED) is 0.189. The number of aliphatic hydroxyl groups excluding tert-OH is 1. The minimum Gasteiger partial charge on any atom is -0.493 e. The lowest BCUT2D eigenvalue weighted by Crippen LogP contribution is -2.45. The van der Waals surface area contributed by atoms with Gasteiger partial charge in [-0.1, -0.05) is 49.7 Å². The molecule has 0 saturated carbocycles. The van der Waals surface area contributed by atoms with Crippen LogP contribution in [0.25, 0.3) is 0 Å². The SMILES string of the molecule is COc1cc2c(cc1OC)CN(CC1OC(c3cccc(NC(=O)CCCCCNC(C)=O)c3)OC(c3ccc(CO)cc3)C1C)CC2. The van der Waals surface area contributed by atoms with Gasteiger partial charge in [0.2, 0.25) is 11.8 Å². The fourth-order valence-electron chi connectivity index (χ4n) is 6.52. The molecule has 3 N–H and O–H groups in total. The van der Waals surface area contributed by atoms with Crippen molar-refractivity contribution in [2.24, 2.45) is 5.92 Å². The first kappa shape index (κ1) is 35.3. The number of methoxy groups -OCH3 is 2. The zero-order valence-electron chi connectivity index (χ0n) is 28.5. The maximum atomic E-state index is 12.7. The van der Waals surface area contributed by atoms with Gasteiger partial charge in [0, 0.05) is 56.7 Å². The molecule has 2 aliphatic rings. The van der Waals surface area contributed by atoms with Crippen molar-refractivity contribution in [2.45, 2.75) is 77.6 Å². The molecule has 3 aromatic carbocycles. The van der Waals surface area contributed by atoms with Crippen molar-refractivity contribution in [1.29, 1.82) is 0 Å². The smallest absolute Gasteiger partial charge is 0.224 e. The Balaban J connectivity index is 1.29. The fourth-order valence-corrected chi connectivity index (χ4v) is 6.52. The Kier molecular flexibility index (Phi) is 12.5. The third-order valence-electron chi connectivity index (χ3n) is 9.26. The number of nitrogens with one attached hydrogen (secondary N) is 2. The number of carbonyl (C=O) groups is 2. The van der Waals surface area contributed by atoms with Crippen molar-refractivity contribution in [3.05, 3.63) is 88.5 Å². The van der Waals surface area contributed by atoms with Crippen LogP contribution in [0.4, 0.5) is 5.69 Å². The number of carbonyl (C=O) groups excluding carboxylic acids is 2. The third kappa shape index (κ3) is 9.14. The van der Waals surface area contributed by atoms with E-state index in [0.29, 0.717) is 18.7 Å². The second kappa shape index (κ2) is 16.9. The average molecular weight is 660 g/mol. The maximum absolute atomic E-state index is 12.7. The molecule has 3 aromatic rings. The van der Waals surface area contributed by atoms with Crippen molar-refractivity contribution in [3.8, 4) is 11.5 Å². The number of anilines is 1. The van der Waals surface area contributed by atoms with Crippen LogP contribution in [0.5, 0.6) is 11.5 Å². The van der Waals surface area contributed by atoms with Crippen LogP contribution >= 0.6 is 0 Å². The zero-order valence-corrected chi connectivity index (χ0v) is 28.5. The van der Waals surface area contributed by atoms with Crippen molar-refractivity contribution in [2.75, 3.05) is 39.2 Å². The van der Waals surface area contributed by atoms with Crippen molar-refractivity contribution >= 4 is 17.5 Å². The number of benzene rings is 3. The molecule has 0 spiro atoms. The number of hydrogen-bond acceptors (Lipinski definition) is 8. The van der Waals surface area contributed by atoms with Crippen LogP contribution in [0, 0.1) is 5.92 Å². The molecule has 0 aliphatic carbocycles. The van der Waals surface area contributed by atoms with E-state index in [2.05, 4.69) is 34.6 Å². The van der Waals surface area contributed by atoms with Gasteiger partial charge in [-0.2, -0.15) is 0 Å². The summed E-state index contributed by atoms with van der Waals surface area (Å²) in [5.74, 6) is 1.44. The Morgan fingerprint density at radius 1 is 0.938 bits per heavy atom. The monoisotopic (exact) mass is 659 g/mol. The number of rotatable bonds is 14. The van der Waals surface area contributed by atoms with Crippen LogP contribution in [-0.2, 0) is 38.6 Å². The van der Waals surface area contributed by atoms with Crippen LogP contribution in [0.3, 0.4) is 0 Å². The van der Waals surface area contributed by atoms with Crippen LogP contribution in [0.2, 0.25) is 0 Å². The zero-order chi connectivity index (χ0) is 34.0. The Labute approximate surface area is 283 Å². The number of fused-ring (bicyclic) bond motifs is 1. The second-order valence-electron chi connectivity index (χ2n) is 12.8. The molecule has 5 rings (SSSR count). The molecule has 2 aliphatic heterocycles. The molecule has 0 aromatic heterocycles. The summed E-state index contributed by atoms with van der Waals surface area (Å²) in [5, 5.41) is 15.4. The molecule has 2 heterocycles. The normalized spacial score (nSPS) is 20.9. The van der Waals surface area contributed by atoms with Crippen molar-refractivity contribution in [1.82, 2.24) is 10.2 Å². The van der Waals surface area contributed by atoms with Gasteiger partial charge in [-0.25, -0.2) is 0 Å². The summed E-state index contributed by atoms with van der Waals surface area (Å²) in [5.41, 5.74) is 5.90. The lowest BCUT2D eigenvalue weighted by Gasteiger charge is -2.43. The highest BCUT2D eigenvalue weighted by molar-refractivity contribution is 5.90. The summed E-state index contributed by atoms with van der Waals surface area (Å²) in [6.07, 6.45) is 2.75. The fraction of sp³-hybridized carbons (Fsp3) is 0.474. The van der Waals surface area contributed by atoms with E-state index >= 15 is 0 Å².